The summed E-state index contributed by atoms with van der Waals surface area (Å²) < 4.78 is 7.24. The van der Waals surface area contributed by atoms with Crippen molar-refractivity contribution in [2.75, 3.05) is 13.6 Å². The minimum absolute atomic E-state index is 0.0268. The number of carbonyl (C=O) groups excluding carboxylic acids is 2. The number of carbonyl (C=O) groups is 2. The molecule has 2 atom stereocenters. The number of hydrogen-bond donors (Lipinski definition) is 1. The van der Waals surface area contributed by atoms with Crippen molar-refractivity contribution >= 4 is 11.9 Å². The lowest BCUT2D eigenvalue weighted by Gasteiger charge is -2.24. The third-order valence-electron chi connectivity index (χ3n) is 4.68. The smallest absolute Gasteiger partial charge is 0.312 e. The first-order valence-corrected chi connectivity index (χ1v) is 9.07. The van der Waals surface area contributed by atoms with Gasteiger partial charge in [0.25, 0.3) is 5.91 Å². The lowest BCUT2D eigenvalue weighted by Crippen LogP contribution is -2.38. The molecule has 0 radical (unpaired) electrons. The Bertz CT molecular complexity index is 794. The zero-order chi connectivity index (χ0) is 19.6. The van der Waals surface area contributed by atoms with Crippen molar-refractivity contribution in [3.63, 3.8) is 0 Å². The highest BCUT2D eigenvalue weighted by Gasteiger charge is 2.34. The molecule has 27 heavy (non-hydrogen) atoms. The van der Waals surface area contributed by atoms with Gasteiger partial charge in [-0.05, 0) is 51.1 Å². The van der Waals surface area contributed by atoms with Gasteiger partial charge in [-0.1, -0.05) is 0 Å². The Morgan fingerprint density at radius 1 is 1.26 bits per heavy atom. The van der Waals surface area contributed by atoms with Crippen LogP contribution in [-0.4, -0.2) is 52.4 Å². The summed E-state index contributed by atoms with van der Waals surface area (Å²) in [5.74, 6) is -0.305. The molecule has 1 saturated heterocycles. The van der Waals surface area contributed by atoms with E-state index >= 15 is 0 Å². The second-order valence-electron chi connectivity index (χ2n) is 7.86. The summed E-state index contributed by atoms with van der Waals surface area (Å²) in [7, 11) is 1.78. The topological polar surface area (TPSA) is 76.5 Å². The number of hydrogen-bond acceptors (Lipinski definition) is 5. The molecule has 0 spiro atoms. The van der Waals surface area contributed by atoms with Gasteiger partial charge in [0.15, 0.2) is 6.23 Å². The highest BCUT2D eigenvalue weighted by Crippen LogP contribution is 2.21. The normalized spacial score (nSPS) is 19.7. The first-order valence-electron chi connectivity index (χ1n) is 9.07. The van der Waals surface area contributed by atoms with Gasteiger partial charge in [-0.25, -0.2) is 4.68 Å². The van der Waals surface area contributed by atoms with Crippen LogP contribution in [0.2, 0.25) is 0 Å². The average molecular weight is 370 g/mol. The molecule has 1 aromatic heterocycles. The third-order valence-corrected chi connectivity index (χ3v) is 4.68. The maximum Gasteiger partial charge on any atom is 0.312 e. The Labute approximate surface area is 159 Å². The standard InChI is InChI=1S/C20H26N4O3/c1-20(2,3)19(26)27-17-12-16(13-21-17)23(4)18(25)14-6-8-15(9-7-14)24-11-5-10-22-24/h5-11,16-17,21H,12-13H2,1-4H3/t16-,17?/m1/s1. The van der Waals surface area contributed by atoms with Crippen LogP contribution in [0.3, 0.4) is 0 Å². The molecule has 7 nitrogen and oxygen atoms in total. The molecular formula is C20H26N4O3. The number of aromatic nitrogens is 2. The molecule has 1 fully saturated rings. The Balaban J connectivity index is 1.60. The van der Waals surface area contributed by atoms with E-state index in [1.165, 1.54) is 0 Å². The number of likely N-dealkylation sites (N-methyl/N-ethyl adjacent to an activating group) is 1. The SMILES string of the molecule is CN(C(=O)c1ccc(-n2cccn2)cc1)[C@H]1CNC(OC(=O)C(C)(C)C)C1. The summed E-state index contributed by atoms with van der Waals surface area (Å²) in [5.41, 5.74) is 0.970. The van der Waals surface area contributed by atoms with Crippen molar-refractivity contribution in [1.29, 1.82) is 0 Å². The number of ether oxygens (including phenoxy) is 1. The highest BCUT2D eigenvalue weighted by molar-refractivity contribution is 5.94. The van der Waals surface area contributed by atoms with Gasteiger partial charge in [0.05, 0.1) is 11.1 Å². The largest absolute Gasteiger partial charge is 0.446 e. The van der Waals surface area contributed by atoms with Crippen LogP contribution in [0.1, 0.15) is 37.6 Å². The van der Waals surface area contributed by atoms with E-state index in [1.54, 1.807) is 35.0 Å². The Kier molecular flexibility index (Phi) is 5.32. The molecule has 7 heteroatoms. The van der Waals surface area contributed by atoms with Crippen LogP contribution >= 0.6 is 0 Å². The minimum atomic E-state index is -0.544. The average Bonchev–Trinajstić information content (AvgIpc) is 3.32. The molecule has 3 rings (SSSR count). The molecule has 2 heterocycles. The zero-order valence-electron chi connectivity index (χ0n) is 16.2. The molecule has 1 aliphatic rings. The first kappa shape index (κ1) is 19.1. The number of rotatable bonds is 4. The van der Waals surface area contributed by atoms with Crippen molar-refractivity contribution in [1.82, 2.24) is 20.0 Å². The fourth-order valence-corrected chi connectivity index (χ4v) is 2.92. The van der Waals surface area contributed by atoms with Gasteiger partial charge in [0.1, 0.15) is 0 Å². The maximum atomic E-state index is 12.8. The quantitative estimate of drug-likeness (QED) is 0.835. The highest BCUT2D eigenvalue weighted by atomic mass is 16.6. The zero-order valence-corrected chi connectivity index (χ0v) is 16.2. The second kappa shape index (κ2) is 7.52. The lowest BCUT2D eigenvalue weighted by atomic mass is 9.97. The summed E-state index contributed by atoms with van der Waals surface area (Å²) in [4.78, 5) is 26.5. The van der Waals surface area contributed by atoms with Crippen molar-refractivity contribution in [3.8, 4) is 5.69 Å². The molecular weight excluding hydrogens is 344 g/mol. The van der Waals surface area contributed by atoms with Crippen molar-refractivity contribution in [2.24, 2.45) is 5.41 Å². The monoisotopic (exact) mass is 370 g/mol. The summed E-state index contributed by atoms with van der Waals surface area (Å²) in [6.07, 6.45) is 3.78. The summed E-state index contributed by atoms with van der Waals surface area (Å²) >= 11 is 0. The molecule has 1 amide bonds. The number of esters is 1. The number of nitrogens with one attached hydrogen (secondary N) is 1. The van der Waals surface area contributed by atoms with Crippen molar-refractivity contribution < 1.29 is 14.3 Å². The van der Waals surface area contributed by atoms with Gasteiger partial charge in [-0.2, -0.15) is 5.10 Å². The van der Waals surface area contributed by atoms with E-state index in [2.05, 4.69) is 10.4 Å². The van der Waals surface area contributed by atoms with E-state index in [-0.39, 0.29) is 24.1 Å². The van der Waals surface area contributed by atoms with E-state index < -0.39 is 5.41 Å². The van der Waals surface area contributed by atoms with E-state index in [1.807, 2.05) is 45.2 Å². The van der Waals surface area contributed by atoms with Gasteiger partial charge in [0.2, 0.25) is 0 Å². The Morgan fingerprint density at radius 2 is 1.96 bits per heavy atom. The van der Waals surface area contributed by atoms with Crippen LogP contribution in [0.5, 0.6) is 0 Å². The van der Waals surface area contributed by atoms with Gasteiger partial charge in [-0.3, -0.25) is 14.9 Å². The molecule has 1 aliphatic heterocycles. The minimum Gasteiger partial charge on any atom is -0.446 e. The fraction of sp³-hybridized carbons (Fsp3) is 0.450. The number of nitrogens with zero attached hydrogens (tertiary/aromatic N) is 3. The molecule has 0 bridgehead atoms. The van der Waals surface area contributed by atoms with Crippen molar-refractivity contribution in [3.05, 3.63) is 48.3 Å². The van der Waals surface area contributed by atoms with Gasteiger partial charge in [0, 0.05) is 44.0 Å². The van der Waals surface area contributed by atoms with Gasteiger partial charge >= 0.3 is 5.97 Å². The Hall–Kier alpha value is -2.67. The predicted octanol–water partition coefficient (Wildman–Crippen LogP) is 2.22. The van der Waals surface area contributed by atoms with Crippen LogP contribution in [0.25, 0.3) is 5.69 Å². The Morgan fingerprint density at radius 3 is 2.56 bits per heavy atom. The van der Waals surface area contributed by atoms with Gasteiger partial charge < -0.3 is 9.64 Å². The predicted molar refractivity (Wildman–Crippen MR) is 101 cm³/mol. The summed E-state index contributed by atoms with van der Waals surface area (Å²) in [6.45, 7) is 6.06. The van der Waals surface area contributed by atoms with Crippen LogP contribution in [0.15, 0.2) is 42.7 Å². The first-order chi connectivity index (χ1) is 12.8. The second-order valence-corrected chi connectivity index (χ2v) is 7.86. The fourth-order valence-electron chi connectivity index (χ4n) is 2.92. The lowest BCUT2D eigenvalue weighted by molar-refractivity contribution is -0.159. The maximum absolute atomic E-state index is 12.8. The summed E-state index contributed by atoms with van der Waals surface area (Å²) in [6, 6.07) is 9.16. The number of amides is 1. The molecule has 144 valence electrons. The van der Waals surface area contributed by atoms with E-state index in [0.717, 1.165) is 5.69 Å². The molecule has 0 saturated carbocycles. The third kappa shape index (κ3) is 4.36. The van der Waals surface area contributed by atoms with E-state index in [4.69, 9.17) is 4.74 Å². The van der Waals surface area contributed by atoms with Crippen LogP contribution in [-0.2, 0) is 9.53 Å². The van der Waals surface area contributed by atoms with Gasteiger partial charge in [-0.15, -0.1) is 0 Å². The summed E-state index contributed by atoms with van der Waals surface area (Å²) in [5, 5.41) is 7.36. The number of benzene rings is 1. The molecule has 1 aromatic carbocycles. The van der Waals surface area contributed by atoms with Crippen LogP contribution in [0, 0.1) is 5.41 Å². The molecule has 2 aromatic rings. The van der Waals surface area contributed by atoms with Crippen molar-refractivity contribution in [2.45, 2.75) is 39.5 Å². The molecule has 1 unspecified atom stereocenters. The van der Waals surface area contributed by atoms with Crippen LogP contribution in [0.4, 0.5) is 0 Å². The molecule has 0 aliphatic carbocycles. The van der Waals surface area contributed by atoms with E-state index in [9.17, 15) is 9.59 Å². The molecule has 1 N–H and O–H groups in total. The van der Waals surface area contributed by atoms with E-state index in [0.29, 0.717) is 18.5 Å². The van der Waals surface area contributed by atoms with Crippen LogP contribution < -0.4 is 5.32 Å².